The highest BCUT2D eigenvalue weighted by molar-refractivity contribution is 5.73. The third-order valence-corrected chi connectivity index (χ3v) is 1.79. The predicted octanol–water partition coefficient (Wildman–Crippen LogP) is -0.162. The van der Waals surface area contributed by atoms with E-state index in [1.165, 1.54) is 0 Å². The second kappa shape index (κ2) is 3.69. The van der Waals surface area contributed by atoms with E-state index in [9.17, 15) is 4.79 Å². The number of carboxylic acid groups (broad SMARTS) is 1. The lowest BCUT2D eigenvalue weighted by atomic mass is 10.2. The zero-order chi connectivity index (χ0) is 8.27. The molecule has 0 spiro atoms. The number of hydrogen-bond donors (Lipinski definition) is 2. The lowest BCUT2D eigenvalue weighted by molar-refractivity contribution is -0.139. The summed E-state index contributed by atoms with van der Waals surface area (Å²) in [5.41, 5.74) is 0. The van der Waals surface area contributed by atoms with E-state index in [1.54, 1.807) is 0 Å². The Labute approximate surface area is 65.5 Å². The molecule has 0 aromatic rings. The van der Waals surface area contributed by atoms with Crippen molar-refractivity contribution in [1.29, 1.82) is 0 Å². The Morgan fingerprint density at radius 3 is 3.00 bits per heavy atom. The highest BCUT2D eigenvalue weighted by atomic mass is 16.5. The monoisotopic (exact) mass is 159 g/mol. The summed E-state index contributed by atoms with van der Waals surface area (Å²) < 4.78 is 5.26. The molecule has 2 atom stereocenters. The molecule has 1 rings (SSSR count). The molecule has 1 saturated heterocycles. The van der Waals surface area contributed by atoms with Crippen LogP contribution in [-0.2, 0) is 9.53 Å². The average Bonchev–Trinajstić information content (AvgIpc) is 2.37. The normalized spacial score (nSPS) is 30.6. The molecule has 2 N–H and O–H groups in total. The van der Waals surface area contributed by atoms with Crippen LogP contribution in [0.2, 0.25) is 0 Å². The van der Waals surface area contributed by atoms with E-state index >= 15 is 0 Å². The molecule has 1 heterocycles. The van der Waals surface area contributed by atoms with Gasteiger partial charge in [0.15, 0.2) is 0 Å². The van der Waals surface area contributed by atoms with Crippen molar-refractivity contribution in [2.45, 2.75) is 25.5 Å². The third-order valence-electron chi connectivity index (χ3n) is 1.79. The number of carboxylic acids is 1. The Bertz CT molecular complexity index is 149. The molecular weight excluding hydrogens is 146 g/mol. The minimum atomic E-state index is -0.785. The summed E-state index contributed by atoms with van der Waals surface area (Å²) in [7, 11) is 0. The molecule has 1 aliphatic heterocycles. The number of aliphatic carboxylic acids is 1. The van der Waals surface area contributed by atoms with Gasteiger partial charge in [0.05, 0.1) is 6.10 Å². The molecule has 0 bridgehead atoms. The molecule has 0 unspecified atom stereocenters. The summed E-state index contributed by atoms with van der Waals surface area (Å²) in [6.45, 7) is 3.22. The quantitative estimate of drug-likeness (QED) is 0.600. The van der Waals surface area contributed by atoms with Gasteiger partial charge in [0.25, 0.3) is 0 Å². The molecular formula is C7H13NO3. The van der Waals surface area contributed by atoms with Crippen LogP contribution in [0.3, 0.4) is 0 Å². The average molecular weight is 159 g/mol. The van der Waals surface area contributed by atoms with Gasteiger partial charge < -0.3 is 15.2 Å². The highest BCUT2D eigenvalue weighted by Crippen LogP contribution is 2.09. The topological polar surface area (TPSA) is 58.6 Å². The molecule has 0 amide bonds. The van der Waals surface area contributed by atoms with E-state index in [4.69, 9.17) is 9.84 Å². The minimum Gasteiger partial charge on any atom is -0.480 e. The van der Waals surface area contributed by atoms with Crippen molar-refractivity contribution in [3.63, 3.8) is 0 Å². The fourth-order valence-corrected chi connectivity index (χ4v) is 1.25. The Balaban J connectivity index is 2.29. The number of hydrogen-bond acceptors (Lipinski definition) is 3. The molecule has 64 valence electrons. The molecule has 4 heteroatoms. The summed E-state index contributed by atoms with van der Waals surface area (Å²) >= 11 is 0. The lowest BCUT2D eigenvalue weighted by Gasteiger charge is -2.06. The van der Waals surface area contributed by atoms with Crippen molar-refractivity contribution in [3.8, 4) is 0 Å². The fraction of sp³-hybridized carbons (Fsp3) is 0.857. The van der Waals surface area contributed by atoms with Gasteiger partial charge in [0, 0.05) is 19.6 Å². The van der Waals surface area contributed by atoms with E-state index in [-0.39, 0.29) is 6.10 Å². The first-order valence-electron chi connectivity index (χ1n) is 3.81. The van der Waals surface area contributed by atoms with Crippen molar-refractivity contribution < 1.29 is 14.6 Å². The van der Waals surface area contributed by atoms with Crippen LogP contribution in [0, 0.1) is 0 Å². The second-order valence-electron chi connectivity index (χ2n) is 2.61. The largest absolute Gasteiger partial charge is 0.480 e. The molecule has 0 aliphatic carbocycles. The summed E-state index contributed by atoms with van der Waals surface area (Å²) in [6.07, 6.45) is 0.671. The molecule has 0 radical (unpaired) electrons. The van der Waals surface area contributed by atoms with Crippen LogP contribution >= 0.6 is 0 Å². The van der Waals surface area contributed by atoms with Crippen molar-refractivity contribution in [2.75, 3.05) is 13.2 Å². The van der Waals surface area contributed by atoms with Crippen LogP contribution in [0.4, 0.5) is 0 Å². The Hall–Kier alpha value is -0.610. The van der Waals surface area contributed by atoms with Gasteiger partial charge in [-0.05, 0) is 6.92 Å². The van der Waals surface area contributed by atoms with Crippen LogP contribution in [0.25, 0.3) is 0 Å². The fourth-order valence-electron chi connectivity index (χ4n) is 1.25. The zero-order valence-electron chi connectivity index (χ0n) is 6.54. The smallest absolute Gasteiger partial charge is 0.320 e. The maximum Gasteiger partial charge on any atom is 0.320 e. The van der Waals surface area contributed by atoms with Gasteiger partial charge in [0.1, 0.15) is 6.04 Å². The van der Waals surface area contributed by atoms with Crippen molar-refractivity contribution in [1.82, 2.24) is 5.32 Å². The third kappa shape index (κ3) is 2.17. The van der Waals surface area contributed by atoms with Gasteiger partial charge in [-0.3, -0.25) is 4.79 Å². The molecule has 1 fully saturated rings. The molecule has 0 saturated carbocycles. The van der Waals surface area contributed by atoms with E-state index in [0.29, 0.717) is 19.6 Å². The van der Waals surface area contributed by atoms with Crippen molar-refractivity contribution in [2.24, 2.45) is 0 Å². The van der Waals surface area contributed by atoms with Gasteiger partial charge in [0.2, 0.25) is 0 Å². The molecule has 0 aromatic heterocycles. The van der Waals surface area contributed by atoms with Gasteiger partial charge in [-0.25, -0.2) is 0 Å². The van der Waals surface area contributed by atoms with Crippen LogP contribution in [0.5, 0.6) is 0 Å². The van der Waals surface area contributed by atoms with Crippen molar-refractivity contribution in [3.05, 3.63) is 0 Å². The first-order valence-corrected chi connectivity index (χ1v) is 3.81. The summed E-state index contributed by atoms with van der Waals surface area (Å²) in [6, 6.07) is -0.411. The SMILES string of the molecule is CCO[C@@H]1CN[C@@H](C(=O)O)C1. The summed E-state index contributed by atoms with van der Waals surface area (Å²) in [4.78, 5) is 10.4. The number of nitrogens with one attached hydrogen (secondary N) is 1. The summed E-state index contributed by atoms with van der Waals surface area (Å²) in [5, 5.41) is 11.4. The molecule has 0 aromatic carbocycles. The highest BCUT2D eigenvalue weighted by Gasteiger charge is 2.28. The molecule has 4 nitrogen and oxygen atoms in total. The Morgan fingerprint density at radius 2 is 2.55 bits per heavy atom. The predicted molar refractivity (Wildman–Crippen MR) is 39.5 cm³/mol. The molecule has 1 aliphatic rings. The van der Waals surface area contributed by atoms with Gasteiger partial charge >= 0.3 is 5.97 Å². The number of carbonyl (C=O) groups is 1. The zero-order valence-corrected chi connectivity index (χ0v) is 6.54. The van der Waals surface area contributed by atoms with Gasteiger partial charge in [-0.2, -0.15) is 0 Å². The van der Waals surface area contributed by atoms with Crippen LogP contribution in [0.1, 0.15) is 13.3 Å². The van der Waals surface area contributed by atoms with E-state index < -0.39 is 12.0 Å². The Kier molecular flexibility index (Phi) is 2.84. The second-order valence-corrected chi connectivity index (χ2v) is 2.61. The van der Waals surface area contributed by atoms with Crippen LogP contribution < -0.4 is 5.32 Å². The number of ether oxygens (including phenoxy) is 1. The maximum absolute atomic E-state index is 10.4. The van der Waals surface area contributed by atoms with Gasteiger partial charge in [-0.15, -0.1) is 0 Å². The van der Waals surface area contributed by atoms with Crippen molar-refractivity contribution >= 4 is 5.97 Å². The summed E-state index contributed by atoms with van der Waals surface area (Å²) in [5.74, 6) is -0.785. The van der Waals surface area contributed by atoms with Gasteiger partial charge in [-0.1, -0.05) is 0 Å². The van der Waals surface area contributed by atoms with E-state index in [2.05, 4.69) is 5.32 Å². The Morgan fingerprint density at radius 1 is 1.82 bits per heavy atom. The minimum absolute atomic E-state index is 0.0844. The van der Waals surface area contributed by atoms with E-state index in [0.717, 1.165) is 0 Å². The maximum atomic E-state index is 10.4. The van der Waals surface area contributed by atoms with E-state index in [1.807, 2.05) is 6.92 Å². The van der Waals surface area contributed by atoms with Crippen LogP contribution in [0.15, 0.2) is 0 Å². The molecule has 11 heavy (non-hydrogen) atoms. The number of rotatable bonds is 3. The first-order chi connectivity index (χ1) is 5.24. The first kappa shape index (κ1) is 8.49. The van der Waals surface area contributed by atoms with Crippen LogP contribution in [-0.4, -0.2) is 36.4 Å². The lowest BCUT2D eigenvalue weighted by Crippen LogP contribution is -2.29. The standard InChI is InChI=1S/C7H13NO3/c1-2-11-5-3-6(7(9)10)8-4-5/h5-6,8H,2-4H2,1H3,(H,9,10)/t5-,6+/m0/s1.